The first-order valence-electron chi connectivity index (χ1n) is 5.52. The predicted molar refractivity (Wildman–Crippen MR) is 52.4 cm³/mol. The van der Waals surface area contributed by atoms with E-state index in [0.29, 0.717) is 12.8 Å². The average molecular weight is 289 g/mol. The monoisotopic (exact) mass is 289 g/mol. The predicted octanol–water partition coefficient (Wildman–Crippen LogP) is 1.74. The van der Waals surface area contributed by atoms with Crippen LogP contribution in [0.5, 0.6) is 0 Å². The number of esters is 1. The van der Waals surface area contributed by atoms with E-state index < -0.39 is 36.6 Å². The molecule has 0 bridgehead atoms. The third-order valence-electron chi connectivity index (χ3n) is 2.48. The van der Waals surface area contributed by atoms with Gasteiger partial charge in [-0.1, -0.05) is 0 Å². The van der Waals surface area contributed by atoms with Crippen LogP contribution < -0.4 is 0 Å². The minimum atomic E-state index is -5.98. The molecule has 0 unspecified atom stereocenters. The van der Waals surface area contributed by atoms with Crippen molar-refractivity contribution in [1.82, 2.24) is 4.90 Å². The van der Waals surface area contributed by atoms with Crippen LogP contribution in [0.25, 0.3) is 0 Å². The molecule has 19 heavy (non-hydrogen) atoms. The summed E-state index contributed by atoms with van der Waals surface area (Å²) in [5.41, 5.74) is 0. The molecular weight excluding hydrogens is 277 g/mol. The minimum Gasteiger partial charge on any atom is -0.465 e. The zero-order valence-corrected chi connectivity index (χ0v) is 9.97. The van der Waals surface area contributed by atoms with Crippen molar-refractivity contribution in [3.05, 3.63) is 0 Å². The van der Waals surface area contributed by atoms with E-state index in [1.165, 1.54) is 6.92 Å². The molecular formula is C10H12F5NO3. The second-order valence-corrected chi connectivity index (χ2v) is 4.04. The van der Waals surface area contributed by atoms with E-state index in [1.807, 2.05) is 0 Å². The van der Waals surface area contributed by atoms with E-state index in [0.717, 1.165) is 0 Å². The fourth-order valence-electron chi connectivity index (χ4n) is 1.40. The smallest absolute Gasteiger partial charge is 0.463 e. The number of hydrogen-bond acceptors (Lipinski definition) is 3. The molecule has 0 aromatic rings. The Morgan fingerprint density at radius 3 is 2.11 bits per heavy atom. The van der Waals surface area contributed by atoms with Crippen LogP contribution in [0.4, 0.5) is 22.0 Å². The van der Waals surface area contributed by atoms with Crippen LogP contribution >= 0.6 is 0 Å². The molecule has 9 heteroatoms. The van der Waals surface area contributed by atoms with E-state index in [9.17, 15) is 31.5 Å². The van der Waals surface area contributed by atoms with E-state index >= 15 is 0 Å². The van der Waals surface area contributed by atoms with Gasteiger partial charge in [0, 0.05) is 6.04 Å². The van der Waals surface area contributed by atoms with E-state index in [2.05, 4.69) is 4.74 Å². The highest BCUT2D eigenvalue weighted by atomic mass is 19.4. The first kappa shape index (κ1) is 15.6. The SMILES string of the molecule is CCOC(=O)CN(C(=O)C(F)(F)C(F)(F)F)C1CC1. The molecule has 0 saturated heterocycles. The molecule has 1 aliphatic carbocycles. The molecule has 0 atom stereocenters. The molecule has 1 saturated carbocycles. The van der Waals surface area contributed by atoms with Gasteiger partial charge in [-0.05, 0) is 19.8 Å². The number of ether oxygens (including phenoxy) is 1. The van der Waals surface area contributed by atoms with Gasteiger partial charge >= 0.3 is 24.0 Å². The summed E-state index contributed by atoms with van der Waals surface area (Å²) >= 11 is 0. The van der Waals surface area contributed by atoms with Gasteiger partial charge < -0.3 is 9.64 Å². The van der Waals surface area contributed by atoms with Crippen molar-refractivity contribution in [2.24, 2.45) is 0 Å². The highest BCUT2D eigenvalue weighted by molar-refractivity contribution is 5.88. The van der Waals surface area contributed by atoms with Crippen LogP contribution in [-0.2, 0) is 14.3 Å². The van der Waals surface area contributed by atoms with Gasteiger partial charge in [0.1, 0.15) is 6.54 Å². The first-order chi connectivity index (χ1) is 8.61. The molecule has 1 rings (SSSR count). The summed E-state index contributed by atoms with van der Waals surface area (Å²) in [6.07, 6.45) is -5.40. The molecule has 0 aromatic carbocycles. The van der Waals surface area contributed by atoms with Crippen LogP contribution in [-0.4, -0.2) is 48.1 Å². The van der Waals surface area contributed by atoms with E-state index in [1.54, 1.807) is 0 Å². The van der Waals surface area contributed by atoms with Crippen molar-refractivity contribution in [1.29, 1.82) is 0 Å². The van der Waals surface area contributed by atoms with Crippen molar-refractivity contribution in [2.45, 2.75) is 37.9 Å². The largest absolute Gasteiger partial charge is 0.465 e. The Morgan fingerprint density at radius 1 is 1.21 bits per heavy atom. The number of carbonyl (C=O) groups is 2. The van der Waals surface area contributed by atoms with Gasteiger partial charge in [0.25, 0.3) is 0 Å². The molecule has 0 aromatic heterocycles. The fourth-order valence-corrected chi connectivity index (χ4v) is 1.40. The number of amides is 1. The topological polar surface area (TPSA) is 46.6 Å². The Bertz CT molecular complexity index is 365. The van der Waals surface area contributed by atoms with Crippen LogP contribution in [0.3, 0.4) is 0 Å². The summed E-state index contributed by atoms with van der Waals surface area (Å²) in [4.78, 5) is 22.6. The number of alkyl halides is 5. The third-order valence-corrected chi connectivity index (χ3v) is 2.48. The van der Waals surface area contributed by atoms with Gasteiger partial charge in [-0.3, -0.25) is 9.59 Å². The van der Waals surface area contributed by atoms with Gasteiger partial charge in [0.2, 0.25) is 0 Å². The Morgan fingerprint density at radius 2 is 1.74 bits per heavy atom. The van der Waals surface area contributed by atoms with Gasteiger partial charge in [-0.25, -0.2) is 0 Å². The first-order valence-corrected chi connectivity index (χ1v) is 5.52. The maximum atomic E-state index is 12.9. The van der Waals surface area contributed by atoms with Gasteiger partial charge in [0.05, 0.1) is 6.61 Å². The standard InChI is InChI=1S/C10H12F5NO3/c1-2-19-7(17)5-16(6-3-4-6)8(18)9(11,12)10(13,14)15/h6H,2-5H2,1H3. The van der Waals surface area contributed by atoms with Crippen molar-refractivity contribution in [2.75, 3.05) is 13.2 Å². The van der Waals surface area contributed by atoms with Crippen LogP contribution in [0.1, 0.15) is 19.8 Å². The molecule has 0 N–H and O–H groups in total. The summed E-state index contributed by atoms with van der Waals surface area (Å²) in [5.74, 6) is -8.92. The summed E-state index contributed by atoms with van der Waals surface area (Å²) in [7, 11) is 0. The average Bonchev–Trinajstić information content (AvgIpc) is 3.07. The number of rotatable bonds is 5. The van der Waals surface area contributed by atoms with Crippen LogP contribution in [0.2, 0.25) is 0 Å². The van der Waals surface area contributed by atoms with Crippen molar-refractivity contribution in [3.63, 3.8) is 0 Å². The molecule has 1 aliphatic rings. The lowest BCUT2D eigenvalue weighted by atomic mass is 10.2. The zero-order chi connectivity index (χ0) is 14.8. The van der Waals surface area contributed by atoms with E-state index in [-0.39, 0.29) is 11.5 Å². The molecule has 0 radical (unpaired) electrons. The highest BCUT2D eigenvalue weighted by Gasteiger charge is 2.65. The lowest BCUT2D eigenvalue weighted by molar-refractivity contribution is -0.274. The summed E-state index contributed by atoms with van der Waals surface area (Å²) in [5, 5.41) is 0. The lowest BCUT2D eigenvalue weighted by Gasteiger charge is -2.27. The summed E-state index contributed by atoms with van der Waals surface area (Å²) in [6.45, 7) is 0.496. The molecule has 110 valence electrons. The van der Waals surface area contributed by atoms with Gasteiger partial charge in [-0.15, -0.1) is 0 Å². The van der Waals surface area contributed by atoms with Crippen LogP contribution in [0, 0.1) is 0 Å². The molecule has 4 nitrogen and oxygen atoms in total. The summed E-state index contributed by atoms with van der Waals surface area (Å²) < 4.78 is 66.6. The summed E-state index contributed by atoms with van der Waals surface area (Å²) in [6, 6.07) is -0.759. The fraction of sp³-hybridized carbons (Fsp3) is 0.800. The molecule has 1 amide bonds. The number of nitrogens with zero attached hydrogens (tertiary/aromatic N) is 1. The van der Waals surface area contributed by atoms with Gasteiger partial charge in [-0.2, -0.15) is 22.0 Å². The normalized spacial score (nSPS) is 16.1. The maximum absolute atomic E-state index is 12.9. The van der Waals surface area contributed by atoms with Crippen molar-refractivity contribution < 1.29 is 36.3 Å². The Labute approximate surface area is 105 Å². The Hall–Kier alpha value is -1.41. The second kappa shape index (κ2) is 5.30. The van der Waals surface area contributed by atoms with E-state index in [4.69, 9.17) is 0 Å². The Balaban J connectivity index is 2.82. The van der Waals surface area contributed by atoms with Crippen LogP contribution in [0.15, 0.2) is 0 Å². The molecule has 1 fully saturated rings. The number of carbonyl (C=O) groups excluding carboxylic acids is 2. The molecule has 0 heterocycles. The van der Waals surface area contributed by atoms with Crippen molar-refractivity contribution in [3.8, 4) is 0 Å². The minimum absolute atomic E-state index is 0.0544. The third kappa shape index (κ3) is 3.54. The second-order valence-electron chi connectivity index (χ2n) is 4.04. The van der Waals surface area contributed by atoms with Crippen molar-refractivity contribution >= 4 is 11.9 Å². The molecule has 0 aliphatic heterocycles. The highest BCUT2D eigenvalue weighted by Crippen LogP contribution is 2.39. The number of halogens is 5. The molecule has 0 spiro atoms. The zero-order valence-electron chi connectivity index (χ0n) is 9.97. The lowest BCUT2D eigenvalue weighted by Crippen LogP contribution is -2.54. The maximum Gasteiger partial charge on any atom is 0.463 e. The number of hydrogen-bond donors (Lipinski definition) is 0. The quantitative estimate of drug-likeness (QED) is 0.572. The van der Waals surface area contributed by atoms with Gasteiger partial charge in [0.15, 0.2) is 0 Å². The Kier molecular flexibility index (Phi) is 4.36.